The Labute approximate surface area is 119 Å². The number of amides is 1. The van der Waals surface area contributed by atoms with Gasteiger partial charge in [0.1, 0.15) is 0 Å². The molecule has 2 aliphatic rings. The summed E-state index contributed by atoms with van der Waals surface area (Å²) in [5, 5.41) is 0. The van der Waals surface area contributed by atoms with Gasteiger partial charge >= 0.3 is 0 Å². The lowest BCUT2D eigenvalue weighted by molar-refractivity contribution is -0.135. The number of benzene rings is 1. The van der Waals surface area contributed by atoms with E-state index in [2.05, 4.69) is 0 Å². The van der Waals surface area contributed by atoms with Crippen molar-refractivity contribution in [3.05, 3.63) is 35.9 Å². The molecule has 2 aliphatic heterocycles. The van der Waals surface area contributed by atoms with Crippen molar-refractivity contribution < 1.29 is 13.2 Å². The first-order chi connectivity index (χ1) is 9.57. The molecule has 2 atom stereocenters. The molecular formula is C15H19NO3S. The van der Waals surface area contributed by atoms with Crippen LogP contribution in [-0.4, -0.2) is 37.3 Å². The molecule has 108 valence electrons. The third kappa shape index (κ3) is 2.59. The summed E-state index contributed by atoms with van der Waals surface area (Å²) in [6.45, 7) is 0.745. The Bertz CT molecular complexity index is 597. The zero-order chi connectivity index (χ0) is 14.2. The maximum atomic E-state index is 12.6. The van der Waals surface area contributed by atoms with Gasteiger partial charge in [0.2, 0.25) is 5.91 Å². The Hall–Kier alpha value is -1.36. The zero-order valence-electron chi connectivity index (χ0n) is 11.4. The topological polar surface area (TPSA) is 54.5 Å². The summed E-state index contributed by atoms with van der Waals surface area (Å²) < 4.78 is 23.1. The fraction of sp³-hybridized carbons (Fsp3) is 0.533. The Morgan fingerprint density at radius 1 is 1.15 bits per heavy atom. The third-order valence-electron chi connectivity index (χ3n) is 4.30. The van der Waals surface area contributed by atoms with Crippen LogP contribution in [-0.2, 0) is 14.6 Å². The molecule has 0 radical (unpaired) electrons. The van der Waals surface area contributed by atoms with Crippen LogP contribution in [0.2, 0.25) is 0 Å². The van der Waals surface area contributed by atoms with Crippen LogP contribution < -0.4 is 0 Å². The van der Waals surface area contributed by atoms with E-state index in [0.717, 1.165) is 24.9 Å². The molecule has 4 nitrogen and oxygen atoms in total. The largest absolute Gasteiger partial charge is 0.335 e. The van der Waals surface area contributed by atoms with Crippen LogP contribution in [0.5, 0.6) is 0 Å². The van der Waals surface area contributed by atoms with Crippen molar-refractivity contribution in [2.75, 3.05) is 18.1 Å². The molecule has 2 heterocycles. The van der Waals surface area contributed by atoms with Gasteiger partial charge in [0.15, 0.2) is 9.84 Å². The van der Waals surface area contributed by atoms with E-state index in [0.29, 0.717) is 6.42 Å². The maximum absolute atomic E-state index is 12.6. The molecular weight excluding hydrogens is 274 g/mol. The van der Waals surface area contributed by atoms with E-state index >= 15 is 0 Å². The Kier molecular flexibility index (Phi) is 3.54. The smallest absolute Gasteiger partial charge is 0.227 e. The first-order valence-electron chi connectivity index (χ1n) is 7.13. The van der Waals surface area contributed by atoms with Gasteiger partial charge in [-0.05, 0) is 24.8 Å². The van der Waals surface area contributed by atoms with E-state index < -0.39 is 9.84 Å². The van der Waals surface area contributed by atoms with Crippen molar-refractivity contribution >= 4 is 15.7 Å². The van der Waals surface area contributed by atoms with Gasteiger partial charge in [-0.2, -0.15) is 0 Å². The number of carbonyl (C=O) groups is 1. The molecule has 1 aromatic carbocycles. The number of likely N-dealkylation sites (tertiary alicyclic amines) is 1. The van der Waals surface area contributed by atoms with E-state index in [9.17, 15) is 13.2 Å². The summed E-state index contributed by atoms with van der Waals surface area (Å²) >= 11 is 0. The zero-order valence-corrected chi connectivity index (χ0v) is 12.2. The molecule has 0 N–H and O–H groups in total. The average Bonchev–Trinajstić information content (AvgIpc) is 3.05. The quantitative estimate of drug-likeness (QED) is 0.835. The van der Waals surface area contributed by atoms with Gasteiger partial charge in [0.05, 0.1) is 23.5 Å². The van der Waals surface area contributed by atoms with E-state index in [1.165, 1.54) is 0 Å². The van der Waals surface area contributed by atoms with Gasteiger partial charge in [0, 0.05) is 6.54 Å². The minimum absolute atomic E-state index is 0.0254. The van der Waals surface area contributed by atoms with Crippen LogP contribution in [0.15, 0.2) is 30.3 Å². The van der Waals surface area contributed by atoms with Gasteiger partial charge < -0.3 is 4.90 Å². The summed E-state index contributed by atoms with van der Waals surface area (Å²) in [7, 11) is -3.00. The molecule has 2 fully saturated rings. The summed E-state index contributed by atoms with van der Waals surface area (Å²) in [6, 6.07) is 10.1. The van der Waals surface area contributed by atoms with Gasteiger partial charge in [-0.15, -0.1) is 0 Å². The van der Waals surface area contributed by atoms with Crippen LogP contribution in [0.4, 0.5) is 0 Å². The van der Waals surface area contributed by atoms with Crippen molar-refractivity contribution in [3.8, 4) is 0 Å². The van der Waals surface area contributed by atoms with Crippen molar-refractivity contribution in [1.29, 1.82) is 0 Å². The van der Waals surface area contributed by atoms with Gasteiger partial charge in [-0.25, -0.2) is 8.42 Å². The molecule has 1 aromatic rings. The predicted octanol–water partition coefficient (Wildman–Crippen LogP) is 1.78. The number of rotatable bonds is 2. The summed E-state index contributed by atoms with van der Waals surface area (Å²) in [4.78, 5) is 14.5. The fourth-order valence-electron chi connectivity index (χ4n) is 3.28. The lowest BCUT2D eigenvalue weighted by Gasteiger charge is -2.27. The van der Waals surface area contributed by atoms with Crippen LogP contribution in [0.3, 0.4) is 0 Å². The molecule has 0 bridgehead atoms. The van der Waals surface area contributed by atoms with Gasteiger partial charge in [0.25, 0.3) is 0 Å². The number of carbonyl (C=O) groups excluding carboxylic acids is 1. The second-order valence-electron chi connectivity index (χ2n) is 5.70. The maximum Gasteiger partial charge on any atom is 0.227 e. The SMILES string of the molecule is O=C([C@H]1CCS(=O)(=O)C1)N1CCC[C@@H]1c1ccccc1. The minimum atomic E-state index is -3.00. The van der Waals surface area contributed by atoms with Crippen LogP contribution in [0, 0.1) is 5.92 Å². The predicted molar refractivity (Wildman–Crippen MR) is 76.9 cm³/mol. The molecule has 0 aliphatic carbocycles. The molecule has 20 heavy (non-hydrogen) atoms. The number of nitrogens with zero attached hydrogens (tertiary/aromatic N) is 1. The highest BCUT2D eigenvalue weighted by atomic mass is 32.2. The number of hydrogen-bond donors (Lipinski definition) is 0. The van der Waals surface area contributed by atoms with Crippen LogP contribution >= 0.6 is 0 Å². The van der Waals surface area contributed by atoms with E-state index in [-0.39, 0.29) is 29.4 Å². The van der Waals surface area contributed by atoms with E-state index in [4.69, 9.17) is 0 Å². The van der Waals surface area contributed by atoms with Gasteiger partial charge in [-0.1, -0.05) is 30.3 Å². The first kappa shape index (κ1) is 13.6. The average molecular weight is 293 g/mol. The summed E-state index contributed by atoms with van der Waals surface area (Å²) in [6.07, 6.45) is 2.44. The molecule has 0 aromatic heterocycles. The first-order valence-corrected chi connectivity index (χ1v) is 8.95. The highest BCUT2D eigenvalue weighted by molar-refractivity contribution is 7.91. The normalized spacial score (nSPS) is 28.7. The number of hydrogen-bond acceptors (Lipinski definition) is 3. The monoisotopic (exact) mass is 293 g/mol. The summed E-state index contributed by atoms with van der Waals surface area (Å²) in [5.74, 6) is -0.112. The highest BCUT2D eigenvalue weighted by Crippen LogP contribution is 2.34. The lowest BCUT2D eigenvalue weighted by Crippen LogP contribution is -2.36. The van der Waals surface area contributed by atoms with Crippen molar-refractivity contribution in [1.82, 2.24) is 4.90 Å². The second-order valence-corrected chi connectivity index (χ2v) is 7.93. The molecule has 0 spiro atoms. The Balaban J connectivity index is 1.78. The molecule has 2 saturated heterocycles. The van der Waals surface area contributed by atoms with Crippen molar-refractivity contribution in [3.63, 3.8) is 0 Å². The van der Waals surface area contributed by atoms with E-state index in [1.54, 1.807) is 0 Å². The second kappa shape index (κ2) is 5.20. The molecule has 1 amide bonds. The van der Waals surface area contributed by atoms with Crippen molar-refractivity contribution in [2.24, 2.45) is 5.92 Å². The molecule has 3 rings (SSSR count). The lowest BCUT2D eigenvalue weighted by atomic mass is 10.0. The molecule has 0 unspecified atom stereocenters. The standard InChI is InChI=1S/C15H19NO3S/c17-15(13-8-10-20(18,19)11-13)16-9-4-7-14(16)12-5-2-1-3-6-12/h1-3,5-6,13-14H,4,7-11H2/t13-,14+/m0/s1. The molecule has 0 saturated carbocycles. The Morgan fingerprint density at radius 3 is 2.55 bits per heavy atom. The third-order valence-corrected chi connectivity index (χ3v) is 6.07. The fourth-order valence-corrected chi connectivity index (χ4v) is 5.01. The number of sulfone groups is 1. The van der Waals surface area contributed by atoms with E-state index in [1.807, 2.05) is 35.2 Å². The van der Waals surface area contributed by atoms with Crippen LogP contribution in [0.25, 0.3) is 0 Å². The minimum Gasteiger partial charge on any atom is -0.335 e. The molecule has 5 heteroatoms. The van der Waals surface area contributed by atoms with Crippen molar-refractivity contribution in [2.45, 2.75) is 25.3 Å². The van der Waals surface area contributed by atoms with Gasteiger partial charge in [-0.3, -0.25) is 4.79 Å². The summed E-state index contributed by atoms with van der Waals surface area (Å²) in [5.41, 5.74) is 1.15. The van der Waals surface area contributed by atoms with Crippen LogP contribution in [0.1, 0.15) is 30.9 Å². The highest BCUT2D eigenvalue weighted by Gasteiger charge is 2.39. The Morgan fingerprint density at radius 2 is 1.90 bits per heavy atom.